The van der Waals surface area contributed by atoms with Gasteiger partial charge in [-0.2, -0.15) is 5.10 Å². The molecular weight excluding hydrogens is 438 g/mol. The molecule has 0 spiro atoms. The summed E-state index contributed by atoms with van der Waals surface area (Å²) < 4.78 is 2.76. The first-order chi connectivity index (χ1) is 15.9. The largest absolute Gasteiger partial charge is 0.391 e. The van der Waals surface area contributed by atoms with E-state index in [-0.39, 0.29) is 17.9 Å². The number of anilines is 2. The molecule has 5 rings (SSSR count). The predicted octanol–water partition coefficient (Wildman–Crippen LogP) is 2.49. The number of piperidine rings is 1. The number of nitrogens with one attached hydrogen (secondary N) is 1. The van der Waals surface area contributed by atoms with Gasteiger partial charge < -0.3 is 21.1 Å². The molecule has 4 N–H and O–H groups in total. The molecule has 0 aliphatic carbocycles. The molecule has 1 aliphatic heterocycles. The van der Waals surface area contributed by atoms with Gasteiger partial charge in [-0.15, -0.1) is 11.3 Å². The summed E-state index contributed by atoms with van der Waals surface area (Å²) in [6.07, 6.45) is 6.53. The second kappa shape index (κ2) is 8.54. The number of aryl methyl sites for hydroxylation is 1. The van der Waals surface area contributed by atoms with Crippen molar-refractivity contribution < 1.29 is 9.90 Å². The Morgan fingerprint density at radius 2 is 2.12 bits per heavy atom. The number of rotatable bonds is 4. The number of thiophene rings is 1. The summed E-state index contributed by atoms with van der Waals surface area (Å²) in [4.78, 5) is 25.0. The zero-order valence-corrected chi connectivity index (χ0v) is 19.2. The van der Waals surface area contributed by atoms with E-state index in [2.05, 4.69) is 25.3 Å². The number of nitrogens with zero attached hydrogens (tertiary/aromatic N) is 5. The maximum absolute atomic E-state index is 13.1. The first-order valence-corrected chi connectivity index (χ1v) is 11.5. The van der Waals surface area contributed by atoms with Gasteiger partial charge in [0.2, 0.25) is 0 Å². The summed E-state index contributed by atoms with van der Waals surface area (Å²) in [5, 5.41) is 17.4. The van der Waals surface area contributed by atoms with Gasteiger partial charge in [-0.3, -0.25) is 14.5 Å². The lowest BCUT2D eigenvalue weighted by Crippen LogP contribution is -2.55. The van der Waals surface area contributed by atoms with E-state index in [1.807, 2.05) is 44.6 Å². The number of pyridine rings is 2. The van der Waals surface area contributed by atoms with Crippen LogP contribution in [0.4, 0.5) is 11.4 Å². The number of carbonyl (C=O) groups excluding carboxylic acids is 1. The zero-order chi connectivity index (χ0) is 23.1. The fraction of sp³-hybridized carbons (Fsp3) is 0.304. The van der Waals surface area contributed by atoms with Gasteiger partial charge in [-0.1, -0.05) is 6.92 Å². The topological polar surface area (TPSA) is 122 Å². The third-order valence-electron chi connectivity index (χ3n) is 5.94. The minimum atomic E-state index is -0.542. The number of aromatic nitrogens is 4. The van der Waals surface area contributed by atoms with E-state index in [9.17, 15) is 9.90 Å². The third-order valence-corrected chi connectivity index (χ3v) is 7.08. The highest BCUT2D eigenvalue weighted by atomic mass is 32.1. The van der Waals surface area contributed by atoms with Gasteiger partial charge in [0.1, 0.15) is 5.69 Å². The summed E-state index contributed by atoms with van der Waals surface area (Å²) in [5.74, 6) is -0.295. The number of amides is 1. The molecule has 1 aliphatic rings. The lowest BCUT2D eigenvalue weighted by molar-refractivity contribution is 0.0785. The monoisotopic (exact) mass is 463 g/mol. The van der Waals surface area contributed by atoms with E-state index in [4.69, 9.17) is 5.73 Å². The van der Waals surface area contributed by atoms with Crippen molar-refractivity contribution >= 4 is 38.8 Å². The number of carbonyl (C=O) groups is 1. The average molecular weight is 464 g/mol. The highest BCUT2D eigenvalue weighted by molar-refractivity contribution is 7.22. The summed E-state index contributed by atoms with van der Waals surface area (Å²) in [7, 11) is 1.88. The molecule has 3 unspecified atom stereocenters. The maximum Gasteiger partial charge on any atom is 0.274 e. The number of aliphatic hydroxyl groups excluding tert-OH is 1. The lowest BCUT2D eigenvalue weighted by atomic mass is 9.92. The smallest absolute Gasteiger partial charge is 0.274 e. The molecule has 3 atom stereocenters. The van der Waals surface area contributed by atoms with E-state index < -0.39 is 6.10 Å². The van der Waals surface area contributed by atoms with Crippen LogP contribution in [0.5, 0.6) is 0 Å². The van der Waals surface area contributed by atoms with E-state index in [1.54, 1.807) is 34.5 Å². The van der Waals surface area contributed by atoms with Crippen molar-refractivity contribution in [1.29, 1.82) is 0 Å². The first-order valence-electron chi connectivity index (χ1n) is 10.7. The van der Waals surface area contributed by atoms with Crippen LogP contribution in [0.15, 0.2) is 49.1 Å². The Balaban J connectivity index is 1.39. The fourth-order valence-electron chi connectivity index (χ4n) is 4.20. The Labute approximate surface area is 194 Å². The molecule has 10 heteroatoms. The fourth-order valence-corrected chi connectivity index (χ4v) is 5.17. The SMILES string of the molecule is CC1CN(c2ccncc2NC(=O)c2ccc3sc(-c4cnn(C)c4)cc3n2)CC(N)C1O. The van der Waals surface area contributed by atoms with Gasteiger partial charge in [-0.25, -0.2) is 4.98 Å². The van der Waals surface area contributed by atoms with Gasteiger partial charge in [-0.05, 0) is 24.3 Å². The van der Waals surface area contributed by atoms with Gasteiger partial charge in [0.05, 0.1) is 40.1 Å². The third kappa shape index (κ3) is 4.20. The van der Waals surface area contributed by atoms with Gasteiger partial charge >= 0.3 is 0 Å². The van der Waals surface area contributed by atoms with Crippen molar-refractivity contribution in [3.05, 3.63) is 54.7 Å². The van der Waals surface area contributed by atoms with Crippen molar-refractivity contribution in [3.63, 3.8) is 0 Å². The average Bonchev–Trinajstić information content (AvgIpc) is 3.43. The molecular formula is C23H25N7O2S. The number of fused-ring (bicyclic) bond motifs is 1. The van der Waals surface area contributed by atoms with Crippen molar-refractivity contribution in [2.75, 3.05) is 23.3 Å². The maximum atomic E-state index is 13.1. The molecule has 0 bridgehead atoms. The van der Waals surface area contributed by atoms with Gasteiger partial charge in [0.25, 0.3) is 5.91 Å². The van der Waals surface area contributed by atoms with Crippen LogP contribution in [0.3, 0.4) is 0 Å². The molecule has 0 radical (unpaired) electrons. The summed E-state index contributed by atoms with van der Waals surface area (Å²) in [5.41, 5.74) is 9.65. The van der Waals surface area contributed by atoms with Crippen LogP contribution < -0.4 is 16.0 Å². The van der Waals surface area contributed by atoms with Crippen LogP contribution >= 0.6 is 11.3 Å². The van der Waals surface area contributed by atoms with Crippen molar-refractivity contribution in [1.82, 2.24) is 19.7 Å². The van der Waals surface area contributed by atoms with Crippen LogP contribution in [0, 0.1) is 5.92 Å². The van der Waals surface area contributed by atoms with Crippen molar-refractivity contribution in [2.24, 2.45) is 18.7 Å². The van der Waals surface area contributed by atoms with Crippen molar-refractivity contribution in [3.8, 4) is 10.4 Å². The quantitative estimate of drug-likeness (QED) is 0.425. The molecule has 1 fully saturated rings. The Bertz CT molecular complexity index is 1310. The molecule has 4 aromatic rings. The highest BCUT2D eigenvalue weighted by Gasteiger charge is 2.32. The number of hydrogen-bond acceptors (Lipinski definition) is 8. The van der Waals surface area contributed by atoms with E-state index in [0.29, 0.717) is 24.5 Å². The summed E-state index contributed by atoms with van der Waals surface area (Å²) in [6, 6.07) is 7.11. The van der Waals surface area contributed by atoms with Gasteiger partial charge in [0.15, 0.2) is 0 Å². The molecule has 170 valence electrons. The van der Waals surface area contributed by atoms with Crippen LogP contribution in [0.1, 0.15) is 17.4 Å². The second-order valence-corrected chi connectivity index (χ2v) is 9.56. The normalized spacial score (nSPS) is 20.8. The Hall–Kier alpha value is -3.34. The molecule has 5 heterocycles. The zero-order valence-electron chi connectivity index (χ0n) is 18.3. The number of nitrogens with two attached hydrogens (primary N) is 1. The van der Waals surface area contributed by atoms with E-state index in [0.717, 1.165) is 26.3 Å². The van der Waals surface area contributed by atoms with E-state index >= 15 is 0 Å². The first kappa shape index (κ1) is 21.5. The molecule has 33 heavy (non-hydrogen) atoms. The van der Waals surface area contributed by atoms with Crippen LogP contribution in [-0.4, -0.2) is 56.0 Å². The highest BCUT2D eigenvalue weighted by Crippen LogP contribution is 2.33. The second-order valence-electron chi connectivity index (χ2n) is 8.48. The van der Waals surface area contributed by atoms with E-state index in [1.165, 1.54) is 0 Å². The number of aliphatic hydroxyl groups is 1. The van der Waals surface area contributed by atoms with Crippen LogP contribution in [-0.2, 0) is 7.05 Å². The minimum absolute atomic E-state index is 0.0159. The Morgan fingerprint density at radius 3 is 2.88 bits per heavy atom. The molecule has 0 saturated carbocycles. The van der Waals surface area contributed by atoms with Crippen LogP contribution in [0.25, 0.3) is 20.7 Å². The Morgan fingerprint density at radius 1 is 1.27 bits per heavy atom. The Kier molecular flexibility index (Phi) is 5.57. The standard InChI is InChI=1S/C23H25N7O2S/c1-13-10-30(12-15(24)22(13)31)19-5-6-25-9-18(19)28-23(32)16-3-4-20-17(27-16)7-21(33-20)14-8-26-29(2)11-14/h3-9,11,13,15,22,31H,10,12,24H2,1-2H3,(H,28,32). The van der Waals surface area contributed by atoms with Gasteiger partial charge in [0, 0.05) is 54.9 Å². The molecule has 1 amide bonds. The molecule has 9 nitrogen and oxygen atoms in total. The van der Waals surface area contributed by atoms with Crippen LogP contribution in [0.2, 0.25) is 0 Å². The molecule has 4 aromatic heterocycles. The molecule has 1 saturated heterocycles. The summed E-state index contributed by atoms with van der Waals surface area (Å²) in [6.45, 7) is 3.10. The van der Waals surface area contributed by atoms with Crippen molar-refractivity contribution in [2.45, 2.75) is 19.1 Å². The number of hydrogen-bond donors (Lipinski definition) is 3. The molecule has 0 aromatic carbocycles. The lowest BCUT2D eigenvalue weighted by Gasteiger charge is -2.40. The summed E-state index contributed by atoms with van der Waals surface area (Å²) >= 11 is 1.61. The predicted molar refractivity (Wildman–Crippen MR) is 129 cm³/mol. The minimum Gasteiger partial charge on any atom is -0.391 e.